The van der Waals surface area contributed by atoms with Crippen LogP contribution in [-0.2, 0) is 4.74 Å². The first-order valence-electron chi connectivity index (χ1n) is 7.93. The van der Waals surface area contributed by atoms with Crippen LogP contribution in [-0.4, -0.2) is 34.1 Å². The lowest BCUT2D eigenvalue weighted by Crippen LogP contribution is -2.04. The molecule has 0 radical (unpaired) electrons. The average Bonchev–Trinajstić information content (AvgIpc) is 2.68. The number of carboxylic acid groups (broad SMARTS) is 1. The lowest BCUT2D eigenvalue weighted by Gasteiger charge is -2.11. The number of para-hydroxylation sites is 1. The topological polar surface area (TPSA) is 113 Å². The van der Waals surface area contributed by atoms with Gasteiger partial charge < -0.3 is 20.5 Å². The van der Waals surface area contributed by atoms with Crippen LogP contribution in [0.2, 0.25) is 0 Å². The fraction of sp³-hybridized carbons (Fsp3) is 0.0526. The molecule has 0 unspecified atom stereocenters. The first kappa shape index (κ1) is 17.9. The number of esters is 1. The minimum Gasteiger partial charge on any atom is -0.478 e. The van der Waals surface area contributed by atoms with Crippen molar-refractivity contribution in [2.45, 2.75) is 0 Å². The largest absolute Gasteiger partial charge is 0.478 e. The molecule has 0 spiro atoms. The van der Waals surface area contributed by atoms with Gasteiger partial charge in [-0.15, -0.1) is 0 Å². The highest BCUT2D eigenvalue weighted by Gasteiger charge is 2.10. The summed E-state index contributed by atoms with van der Waals surface area (Å²) in [5.74, 6) is -0.577. The van der Waals surface area contributed by atoms with Crippen LogP contribution in [0.1, 0.15) is 20.7 Å². The molecule has 0 saturated heterocycles. The number of carboxylic acids is 1. The van der Waals surface area contributed by atoms with E-state index in [-0.39, 0.29) is 5.56 Å². The monoisotopic (exact) mass is 364 g/mol. The summed E-state index contributed by atoms with van der Waals surface area (Å²) in [7, 11) is 1.32. The van der Waals surface area contributed by atoms with Crippen molar-refractivity contribution in [1.82, 2.24) is 9.97 Å². The van der Waals surface area contributed by atoms with E-state index in [1.54, 1.807) is 48.5 Å². The molecule has 3 rings (SSSR count). The summed E-state index contributed by atoms with van der Waals surface area (Å²) >= 11 is 0. The first-order chi connectivity index (χ1) is 13.1. The molecule has 3 N–H and O–H groups in total. The van der Waals surface area contributed by atoms with Crippen molar-refractivity contribution in [3.8, 4) is 0 Å². The van der Waals surface area contributed by atoms with Gasteiger partial charge in [0.05, 0.1) is 23.9 Å². The van der Waals surface area contributed by atoms with Crippen LogP contribution >= 0.6 is 0 Å². The van der Waals surface area contributed by atoms with Gasteiger partial charge in [-0.05, 0) is 30.3 Å². The molecule has 136 valence electrons. The van der Waals surface area contributed by atoms with E-state index in [1.807, 2.05) is 0 Å². The van der Waals surface area contributed by atoms with Crippen molar-refractivity contribution in [3.63, 3.8) is 0 Å². The Kier molecular flexibility index (Phi) is 5.27. The number of methoxy groups -OCH3 is 1. The Hall–Kier alpha value is -3.94. The summed E-state index contributed by atoms with van der Waals surface area (Å²) in [4.78, 5) is 31.2. The summed E-state index contributed by atoms with van der Waals surface area (Å²) < 4.78 is 4.71. The van der Waals surface area contributed by atoms with E-state index >= 15 is 0 Å². The van der Waals surface area contributed by atoms with Crippen molar-refractivity contribution in [3.05, 3.63) is 72.1 Å². The Morgan fingerprint density at radius 1 is 0.963 bits per heavy atom. The van der Waals surface area contributed by atoms with Gasteiger partial charge in [-0.3, -0.25) is 0 Å². The van der Waals surface area contributed by atoms with Gasteiger partial charge in [0.1, 0.15) is 18.0 Å². The SMILES string of the molecule is COC(=O)c1cccc(Nc2cc(Nc3ccccc3C(=O)O)ncn2)c1. The lowest BCUT2D eigenvalue weighted by molar-refractivity contribution is 0.0600. The molecule has 1 aromatic heterocycles. The molecule has 8 heteroatoms. The number of carbonyl (C=O) groups is 2. The predicted molar refractivity (Wildman–Crippen MR) is 99.8 cm³/mol. The third-order valence-electron chi connectivity index (χ3n) is 3.64. The molecule has 0 aliphatic rings. The molecule has 2 aromatic carbocycles. The van der Waals surface area contributed by atoms with E-state index in [4.69, 9.17) is 4.74 Å². The zero-order valence-corrected chi connectivity index (χ0v) is 14.3. The van der Waals surface area contributed by atoms with E-state index in [0.717, 1.165) is 0 Å². The number of hydrogen-bond donors (Lipinski definition) is 3. The Labute approximate surface area is 154 Å². The minimum absolute atomic E-state index is 0.136. The van der Waals surface area contributed by atoms with E-state index in [1.165, 1.54) is 19.5 Å². The number of aromatic carboxylic acids is 1. The second-order valence-electron chi connectivity index (χ2n) is 5.46. The molecular formula is C19H16N4O4. The van der Waals surface area contributed by atoms with Crippen LogP contribution in [0.3, 0.4) is 0 Å². The number of carbonyl (C=O) groups excluding carboxylic acids is 1. The lowest BCUT2D eigenvalue weighted by atomic mass is 10.2. The Morgan fingerprint density at radius 3 is 2.44 bits per heavy atom. The van der Waals surface area contributed by atoms with Gasteiger partial charge in [0.15, 0.2) is 0 Å². The summed E-state index contributed by atoms with van der Waals surface area (Å²) in [5.41, 5.74) is 1.61. The number of hydrogen-bond acceptors (Lipinski definition) is 7. The highest BCUT2D eigenvalue weighted by atomic mass is 16.5. The fourth-order valence-corrected chi connectivity index (χ4v) is 2.40. The molecule has 27 heavy (non-hydrogen) atoms. The van der Waals surface area contributed by atoms with E-state index in [2.05, 4.69) is 20.6 Å². The molecule has 1 heterocycles. The molecule has 0 bridgehead atoms. The van der Waals surface area contributed by atoms with E-state index < -0.39 is 11.9 Å². The van der Waals surface area contributed by atoms with Gasteiger partial charge in [-0.25, -0.2) is 19.6 Å². The number of ether oxygens (including phenoxy) is 1. The van der Waals surface area contributed by atoms with Crippen LogP contribution in [0.15, 0.2) is 60.9 Å². The zero-order valence-electron chi connectivity index (χ0n) is 14.3. The number of rotatable bonds is 6. The number of anilines is 4. The first-order valence-corrected chi connectivity index (χ1v) is 7.93. The van der Waals surface area contributed by atoms with Gasteiger partial charge in [0.25, 0.3) is 0 Å². The normalized spacial score (nSPS) is 10.1. The fourth-order valence-electron chi connectivity index (χ4n) is 2.40. The van der Waals surface area contributed by atoms with Crippen LogP contribution in [0.25, 0.3) is 0 Å². The maximum absolute atomic E-state index is 11.6. The van der Waals surface area contributed by atoms with Gasteiger partial charge in [0.2, 0.25) is 0 Å². The molecule has 3 aromatic rings. The predicted octanol–water partition coefficient (Wildman–Crippen LogP) is 3.45. The van der Waals surface area contributed by atoms with Crippen molar-refractivity contribution in [1.29, 1.82) is 0 Å². The van der Waals surface area contributed by atoms with Crippen LogP contribution in [0.4, 0.5) is 23.0 Å². The Morgan fingerprint density at radius 2 is 1.70 bits per heavy atom. The summed E-state index contributed by atoms with van der Waals surface area (Å²) in [6.07, 6.45) is 1.35. The minimum atomic E-state index is -1.04. The standard InChI is InChI=1S/C19H16N4O4/c1-27-19(26)12-5-4-6-13(9-12)22-16-10-17(21-11-20-16)23-15-8-3-2-7-14(15)18(24)25/h2-11H,1H3,(H,24,25)(H2,20,21,22,23). The Bertz CT molecular complexity index is 991. The van der Waals surface area contributed by atoms with Gasteiger partial charge in [-0.2, -0.15) is 0 Å². The number of nitrogens with zero attached hydrogens (tertiary/aromatic N) is 2. The molecule has 0 aliphatic heterocycles. The summed E-state index contributed by atoms with van der Waals surface area (Å²) in [5, 5.41) is 15.3. The molecule has 0 aliphatic carbocycles. The van der Waals surface area contributed by atoms with Crippen molar-refractivity contribution in [2.24, 2.45) is 0 Å². The van der Waals surface area contributed by atoms with Crippen molar-refractivity contribution < 1.29 is 19.4 Å². The molecular weight excluding hydrogens is 348 g/mol. The summed E-state index contributed by atoms with van der Waals surface area (Å²) in [6.45, 7) is 0. The maximum atomic E-state index is 11.6. The molecule has 0 saturated carbocycles. The number of nitrogens with one attached hydrogen (secondary N) is 2. The number of aromatic nitrogens is 2. The van der Waals surface area contributed by atoms with E-state index in [0.29, 0.717) is 28.6 Å². The smallest absolute Gasteiger partial charge is 0.337 e. The van der Waals surface area contributed by atoms with Gasteiger partial charge in [0, 0.05) is 11.8 Å². The molecule has 0 fully saturated rings. The second-order valence-corrected chi connectivity index (χ2v) is 5.46. The van der Waals surface area contributed by atoms with Gasteiger partial charge >= 0.3 is 11.9 Å². The van der Waals surface area contributed by atoms with Crippen LogP contribution < -0.4 is 10.6 Å². The Balaban J connectivity index is 1.81. The molecule has 0 amide bonds. The third kappa shape index (κ3) is 4.37. The molecule has 0 atom stereocenters. The second kappa shape index (κ2) is 7.96. The van der Waals surface area contributed by atoms with E-state index in [9.17, 15) is 14.7 Å². The zero-order chi connectivity index (χ0) is 19.2. The maximum Gasteiger partial charge on any atom is 0.337 e. The highest BCUT2D eigenvalue weighted by Crippen LogP contribution is 2.22. The quantitative estimate of drug-likeness (QED) is 0.570. The third-order valence-corrected chi connectivity index (χ3v) is 3.64. The number of benzene rings is 2. The average molecular weight is 364 g/mol. The van der Waals surface area contributed by atoms with Gasteiger partial charge in [-0.1, -0.05) is 18.2 Å². The van der Waals surface area contributed by atoms with Crippen molar-refractivity contribution >= 4 is 34.9 Å². The highest BCUT2D eigenvalue weighted by molar-refractivity contribution is 5.95. The van der Waals surface area contributed by atoms with Crippen molar-refractivity contribution in [2.75, 3.05) is 17.7 Å². The van der Waals surface area contributed by atoms with Crippen LogP contribution in [0, 0.1) is 0 Å². The molecule has 8 nitrogen and oxygen atoms in total. The summed E-state index contributed by atoms with van der Waals surface area (Å²) in [6, 6.07) is 14.9. The van der Waals surface area contributed by atoms with Crippen LogP contribution in [0.5, 0.6) is 0 Å².